The summed E-state index contributed by atoms with van der Waals surface area (Å²) in [6.07, 6.45) is 0.850. The van der Waals surface area contributed by atoms with Crippen LogP contribution >= 0.6 is 27.3 Å². The van der Waals surface area contributed by atoms with Gasteiger partial charge in [0.2, 0.25) is 0 Å². The van der Waals surface area contributed by atoms with Crippen molar-refractivity contribution < 1.29 is 5.11 Å². The van der Waals surface area contributed by atoms with Gasteiger partial charge in [0.25, 0.3) is 0 Å². The maximum Gasteiger partial charge on any atom is 0.0587 e. The van der Waals surface area contributed by atoms with E-state index in [4.69, 9.17) is 0 Å². The Balaban J connectivity index is 1.89. The summed E-state index contributed by atoms with van der Waals surface area (Å²) in [7, 11) is 0. The van der Waals surface area contributed by atoms with Crippen molar-refractivity contribution in [1.29, 1.82) is 0 Å². The second-order valence-electron chi connectivity index (χ2n) is 4.57. The summed E-state index contributed by atoms with van der Waals surface area (Å²) in [4.78, 5) is 2.58. The third kappa shape index (κ3) is 4.42. The summed E-state index contributed by atoms with van der Waals surface area (Å²) in [6, 6.07) is 12.5. The molecule has 1 aromatic heterocycles. The molecule has 2 nitrogen and oxygen atoms in total. The molecule has 0 aliphatic carbocycles. The molecule has 0 aliphatic heterocycles. The van der Waals surface area contributed by atoms with Crippen LogP contribution < -0.4 is 5.32 Å². The van der Waals surface area contributed by atoms with Gasteiger partial charge in [-0.15, -0.1) is 11.3 Å². The number of hydrogen-bond acceptors (Lipinski definition) is 3. The number of nitrogens with one attached hydrogen (secondary N) is 1. The number of rotatable bonds is 6. The van der Waals surface area contributed by atoms with Crippen LogP contribution in [0.3, 0.4) is 0 Å². The van der Waals surface area contributed by atoms with Crippen LogP contribution in [0.1, 0.15) is 15.3 Å². The van der Waals surface area contributed by atoms with Gasteiger partial charge in [0.1, 0.15) is 0 Å². The lowest BCUT2D eigenvalue weighted by Crippen LogP contribution is -2.33. The summed E-state index contributed by atoms with van der Waals surface area (Å²) >= 11 is 5.31. The quantitative estimate of drug-likeness (QED) is 0.843. The highest BCUT2D eigenvalue weighted by molar-refractivity contribution is 9.10. The number of aryl methyl sites for hydroxylation is 1. The molecule has 0 fully saturated rings. The number of benzene rings is 1. The number of aliphatic hydroxyl groups is 1. The molecule has 1 atom stereocenters. The fourth-order valence-corrected chi connectivity index (χ4v) is 3.50. The Kier molecular flexibility index (Phi) is 5.58. The second kappa shape index (κ2) is 7.20. The molecule has 4 heteroatoms. The molecule has 0 saturated heterocycles. The normalized spacial score (nSPS) is 12.6. The highest BCUT2D eigenvalue weighted by atomic mass is 79.9. The van der Waals surface area contributed by atoms with Gasteiger partial charge in [-0.05, 0) is 40.9 Å². The molecule has 0 bridgehead atoms. The Morgan fingerprint density at radius 2 is 2.05 bits per heavy atom. The SMILES string of the molecule is Cc1sc(CNC(CO)Cc2ccccc2)cc1Br. The smallest absolute Gasteiger partial charge is 0.0587 e. The van der Waals surface area contributed by atoms with Gasteiger partial charge in [0.15, 0.2) is 0 Å². The molecule has 2 aromatic rings. The third-order valence-electron chi connectivity index (χ3n) is 3.02. The zero-order valence-corrected chi connectivity index (χ0v) is 13.3. The summed E-state index contributed by atoms with van der Waals surface area (Å²) in [6.45, 7) is 3.06. The maximum atomic E-state index is 9.46. The molecule has 0 amide bonds. The first-order valence-corrected chi connectivity index (χ1v) is 7.93. The third-order valence-corrected chi connectivity index (χ3v) is 5.16. The van der Waals surface area contributed by atoms with Gasteiger partial charge in [-0.25, -0.2) is 0 Å². The van der Waals surface area contributed by atoms with E-state index in [9.17, 15) is 5.11 Å². The molecule has 0 saturated carbocycles. The minimum atomic E-state index is 0.101. The first kappa shape index (κ1) is 14.7. The van der Waals surface area contributed by atoms with Gasteiger partial charge in [0.05, 0.1) is 6.61 Å². The predicted molar refractivity (Wildman–Crippen MR) is 84.6 cm³/mol. The molecular weight excluding hydrogens is 322 g/mol. The molecule has 0 spiro atoms. The van der Waals surface area contributed by atoms with Crippen molar-refractivity contribution in [1.82, 2.24) is 5.32 Å². The summed E-state index contributed by atoms with van der Waals surface area (Å²) in [5, 5.41) is 12.9. The second-order valence-corrected chi connectivity index (χ2v) is 6.76. The Labute approximate surface area is 126 Å². The van der Waals surface area contributed by atoms with Gasteiger partial charge >= 0.3 is 0 Å². The lowest BCUT2D eigenvalue weighted by atomic mass is 10.1. The first-order valence-electron chi connectivity index (χ1n) is 6.32. The zero-order chi connectivity index (χ0) is 13.7. The van der Waals surface area contributed by atoms with E-state index in [1.54, 1.807) is 11.3 Å². The minimum Gasteiger partial charge on any atom is -0.395 e. The van der Waals surface area contributed by atoms with E-state index >= 15 is 0 Å². The van der Waals surface area contributed by atoms with E-state index in [2.05, 4.69) is 46.4 Å². The average molecular weight is 340 g/mol. The molecule has 1 unspecified atom stereocenters. The average Bonchev–Trinajstić information content (AvgIpc) is 2.75. The first-order chi connectivity index (χ1) is 9.19. The minimum absolute atomic E-state index is 0.101. The standard InChI is InChI=1S/C15H18BrNOS/c1-11-15(16)8-14(19-11)9-17-13(10-18)7-12-5-3-2-4-6-12/h2-6,8,13,17-18H,7,9-10H2,1H3. The van der Waals surface area contributed by atoms with Crippen LogP contribution in [0.2, 0.25) is 0 Å². The van der Waals surface area contributed by atoms with Gasteiger partial charge < -0.3 is 10.4 Å². The number of aliphatic hydroxyl groups excluding tert-OH is 1. The molecule has 1 heterocycles. The van der Waals surface area contributed by atoms with E-state index in [0.29, 0.717) is 0 Å². The Morgan fingerprint density at radius 1 is 1.32 bits per heavy atom. The number of thiophene rings is 1. The van der Waals surface area contributed by atoms with Crippen molar-refractivity contribution >= 4 is 27.3 Å². The van der Waals surface area contributed by atoms with Crippen molar-refractivity contribution in [2.45, 2.75) is 25.9 Å². The molecule has 0 aliphatic rings. The lowest BCUT2D eigenvalue weighted by Gasteiger charge is -2.15. The Bertz CT molecular complexity index is 493. The largest absolute Gasteiger partial charge is 0.395 e. The summed E-state index contributed by atoms with van der Waals surface area (Å²) in [5.41, 5.74) is 1.25. The van der Waals surface area contributed by atoms with Crippen molar-refractivity contribution in [3.8, 4) is 0 Å². The monoisotopic (exact) mass is 339 g/mol. The van der Waals surface area contributed by atoms with E-state index in [0.717, 1.165) is 17.4 Å². The van der Waals surface area contributed by atoms with Crippen LogP contribution in [0.25, 0.3) is 0 Å². The lowest BCUT2D eigenvalue weighted by molar-refractivity contribution is 0.241. The van der Waals surface area contributed by atoms with Crippen molar-refractivity contribution in [2.24, 2.45) is 0 Å². The van der Waals surface area contributed by atoms with Crippen molar-refractivity contribution in [3.63, 3.8) is 0 Å². The van der Waals surface area contributed by atoms with Gasteiger partial charge in [-0.3, -0.25) is 0 Å². The molecule has 102 valence electrons. The van der Waals surface area contributed by atoms with Crippen LogP contribution in [-0.2, 0) is 13.0 Å². The fraction of sp³-hybridized carbons (Fsp3) is 0.333. The van der Waals surface area contributed by atoms with E-state index in [1.165, 1.54) is 15.3 Å². The Morgan fingerprint density at radius 3 is 2.63 bits per heavy atom. The van der Waals surface area contributed by atoms with Crippen LogP contribution in [0.4, 0.5) is 0 Å². The van der Waals surface area contributed by atoms with E-state index in [1.807, 2.05) is 18.2 Å². The summed E-state index contributed by atoms with van der Waals surface area (Å²) in [5.74, 6) is 0. The highest BCUT2D eigenvalue weighted by Crippen LogP contribution is 2.26. The predicted octanol–water partition coefficient (Wildman–Crippen LogP) is 3.51. The van der Waals surface area contributed by atoms with E-state index in [-0.39, 0.29) is 12.6 Å². The van der Waals surface area contributed by atoms with Crippen LogP contribution in [0, 0.1) is 6.92 Å². The topological polar surface area (TPSA) is 32.3 Å². The van der Waals surface area contributed by atoms with Gasteiger partial charge in [-0.1, -0.05) is 30.3 Å². The van der Waals surface area contributed by atoms with Gasteiger partial charge in [0, 0.05) is 26.8 Å². The van der Waals surface area contributed by atoms with Crippen LogP contribution in [-0.4, -0.2) is 17.8 Å². The summed E-state index contributed by atoms with van der Waals surface area (Å²) < 4.78 is 1.16. The Hall–Kier alpha value is -0.680. The maximum absolute atomic E-state index is 9.46. The molecular formula is C15H18BrNOS. The van der Waals surface area contributed by atoms with Crippen LogP contribution in [0.5, 0.6) is 0 Å². The molecule has 0 radical (unpaired) electrons. The number of halogens is 1. The van der Waals surface area contributed by atoms with E-state index < -0.39 is 0 Å². The molecule has 2 rings (SSSR count). The zero-order valence-electron chi connectivity index (χ0n) is 10.9. The van der Waals surface area contributed by atoms with Crippen LogP contribution in [0.15, 0.2) is 40.9 Å². The highest BCUT2D eigenvalue weighted by Gasteiger charge is 2.09. The molecule has 19 heavy (non-hydrogen) atoms. The van der Waals surface area contributed by atoms with Crippen molar-refractivity contribution in [2.75, 3.05) is 6.61 Å². The molecule has 2 N–H and O–H groups in total. The number of hydrogen-bond donors (Lipinski definition) is 2. The van der Waals surface area contributed by atoms with Crippen molar-refractivity contribution in [3.05, 3.63) is 56.2 Å². The fourth-order valence-electron chi connectivity index (χ4n) is 1.95. The molecule has 1 aromatic carbocycles. The van der Waals surface area contributed by atoms with Gasteiger partial charge in [-0.2, -0.15) is 0 Å².